The van der Waals surface area contributed by atoms with Gasteiger partial charge in [0, 0.05) is 0 Å². The Bertz CT molecular complexity index is 168. The molecule has 0 N–H and O–H groups in total. The van der Waals surface area contributed by atoms with Crippen molar-refractivity contribution in [3.63, 3.8) is 0 Å². The fourth-order valence-corrected chi connectivity index (χ4v) is 0.438. The first-order valence-electron chi connectivity index (χ1n) is 3.07. The summed E-state index contributed by atoms with van der Waals surface area (Å²) in [7, 11) is 2.15. The van der Waals surface area contributed by atoms with Gasteiger partial charge in [-0.3, -0.25) is 0 Å². The van der Waals surface area contributed by atoms with Gasteiger partial charge in [0.05, 0.1) is 9.47 Å². The highest BCUT2D eigenvalue weighted by Gasteiger charge is 1.81. The highest BCUT2D eigenvalue weighted by Crippen LogP contribution is 2.03. The van der Waals surface area contributed by atoms with Crippen molar-refractivity contribution in [3.8, 4) is 0 Å². The molecule has 0 fully saturated rings. The summed E-state index contributed by atoms with van der Waals surface area (Å²) in [5.41, 5.74) is 1.20. The van der Waals surface area contributed by atoms with Gasteiger partial charge in [-0.25, -0.2) is 0 Å². The quantitative estimate of drug-likeness (QED) is 0.347. The summed E-state index contributed by atoms with van der Waals surface area (Å²) in [5, 5.41) is 0. The number of rotatable bonds is 3. The predicted molar refractivity (Wildman–Crippen MR) is 48.5 cm³/mol. The summed E-state index contributed by atoms with van der Waals surface area (Å²) >= 11 is 0. The van der Waals surface area contributed by atoms with Crippen LogP contribution in [-0.4, -0.2) is 0 Å². The fraction of sp³-hybridized carbons (Fsp3) is 0.250. The highest BCUT2D eigenvalue weighted by molar-refractivity contribution is 7.10. The van der Waals surface area contributed by atoms with Gasteiger partial charge in [0.1, 0.15) is 5.76 Å². The molecule has 0 aromatic rings. The maximum Gasteiger partial charge on any atom is 0.115 e. The second kappa shape index (κ2) is 5.25. The largest absolute Gasteiger partial charge is 0.481 e. The van der Waals surface area contributed by atoms with E-state index in [1.54, 1.807) is 0 Å². The second-order valence-electron chi connectivity index (χ2n) is 1.95. The lowest BCUT2D eigenvalue weighted by Gasteiger charge is -1.94. The Labute approximate surface area is 64.8 Å². The van der Waals surface area contributed by atoms with Crippen LogP contribution in [-0.2, 0) is 4.52 Å². The topological polar surface area (TPSA) is 9.23 Å². The van der Waals surface area contributed by atoms with Crippen molar-refractivity contribution in [1.82, 2.24) is 0 Å². The Morgan fingerprint density at radius 1 is 1.50 bits per heavy atom. The Balaban J connectivity index is 3.88. The summed E-state index contributed by atoms with van der Waals surface area (Å²) in [6.07, 6.45) is 5.79. The van der Waals surface area contributed by atoms with Crippen LogP contribution in [0.25, 0.3) is 0 Å². The van der Waals surface area contributed by atoms with Crippen molar-refractivity contribution in [2.24, 2.45) is 0 Å². The monoisotopic (exact) mass is 156 g/mol. The maximum absolute atomic E-state index is 4.75. The van der Waals surface area contributed by atoms with E-state index < -0.39 is 0 Å². The van der Waals surface area contributed by atoms with Crippen molar-refractivity contribution in [1.29, 1.82) is 0 Å². The van der Waals surface area contributed by atoms with Crippen molar-refractivity contribution in [2.75, 3.05) is 0 Å². The van der Waals surface area contributed by atoms with E-state index in [2.05, 4.69) is 16.0 Å². The van der Waals surface area contributed by atoms with Gasteiger partial charge in [0.2, 0.25) is 0 Å². The fourth-order valence-electron chi connectivity index (χ4n) is 0.360. The van der Waals surface area contributed by atoms with E-state index in [1.807, 2.05) is 32.1 Å². The number of allylic oxidation sites excluding steroid dienone is 4. The van der Waals surface area contributed by atoms with Crippen molar-refractivity contribution < 1.29 is 4.52 Å². The first kappa shape index (κ1) is 9.45. The molecular weight excluding hydrogens is 143 g/mol. The molecule has 2 heteroatoms. The smallest absolute Gasteiger partial charge is 0.115 e. The number of hydrogen-bond donors (Lipinski definition) is 0. The van der Waals surface area contributed by atoms with Crippen LogP contribution < -0.4 is 0 Å². The third-order valence-electron chi connectivity index (χ3n) is 1.14. The van der Waals surface area contributed by atoms with Crippen molar-refractivity contribution in [2.45, 2.75) is 13.8 Å². The molecule has 1 atom stereocenters. The Morgan fingerprint density at radius 3 is 2.50 bits per heavy atom. The van der Waals surface area contributed by atoms with Gasteiger partial charge in [-0.05, 0) is 19.9 Å². The zero-order chi connectivity index (χ0) is 7.98. The molecule has 0 aliphatic rings. The van der Waals surface area contributed by atoms with Crippen LogP contribution in [0.5, 0.6) is 0 Å². The SMILES string of the molecule is C=C(/C=C\C(C)=C/C)OP. The first-order valence-corrected chi connectivity index (χ1v) is 3.54. The Kier molecular flexibility index (Phi) is 4.96. The van der Waals surface area contributed by atoms with Crippen LogP contribution in [0.3, 0.4) is 0 Å². The first-order chi connectivity index (χ1) is 4.70. The standard InChI is InChI=1S/C8H13OP/c1-4-7(2)5-6-8(3)9-10/h4-6H,3,10H2,1-2H3/b6-5-,7-4-. The summed E-state index contributed by atoms with van der Waals surface area (Å²) < 4.78 is 4.75. The average molecular weight is 156 g/mol. The lowest BCUT2D eigenvalue weighted by molar-refractivity contribution is 0.523. The van der Waals surface area contributed by atoms with Gasteiger partial charge in [-0.1, -0.05) is 24.3 Å². The molecule has 0 aliphatic carbocycles. The van der Waals surface area contributed by atoms with Crippen molar-refractivity contribution in [3.05, 3.63) is 36.1 Å². The third kappa shape index (κ3) is 4.34. The molecule has 0 saturated carbocycles. The van der Waals surface area contributed by atoms with Crippen LogP contribution >= 0.6 is 9.47 Å². The van der Waals surface area contributed by atoms with Gasteiger partial charge < -0.3 is 4.52 Å². The molecule has 0 aliphatic heterocycles. The molecule has 0 radical (unpaired) electrons. The molecule has 0 spiro atoms. The molecule has 56 valence electrons. The maximum atomic E-state index is 4.75. The van der Waals surface area contributed by atoms with Crippen molar-refractivity contribution >= 4 is 9.47 Å². The molecule has 10 heavy (non-hydrogen) atoms. The zero-order valence-electron chi connectivity index (χ0n) is 6.42. The summed E-state index contributed by atoms with van der Waals surface area (Å²) in [5.74, 6) is 0.645. The third-order valence-corrected chi connectivity index (χ3v) is 1.44. The van der Waals surface area contributed by atoms with Gasteiger partial charge in [0.25, 0.3) is 0 Å². The molecule has 0 aromatic heterocycles. The molecule has 0 aromatic carbocycles. The molecule has 1 nitrogen and oxygen atoms in total. The van der Waals surface area contributed by atoms with E-state index in [0.717, 1.165) is 0 Å². The molecule has 1 unspecified atom stereocenters. The van der Waals surface area contributed by atoms with E-state index in [-0.39, 0.29) is 0 Å². The molecule has 0 bridgehead atoms. The second-order valence-corrected chi connectivity index (χ2v) is 2.19. The van der Waals surface area contributed by atoms with E-state index >= 15 is 0 Å². The van der Waals surface area contributed by atoms with Gasteiger partial charge in [-0.2, -0.15) is 0 Å². The molecular formula is C8H13OP. The number of hydrogen-bond acceptors (Lipinski definition) is 1. The minimum absolute atomic E-state index is 0.645. The highest BCUT2D eigenvalue weighted by atomic mass is 31.0. The minimum atomic E-state index is 0.645. The average Bonchev–Trinajstić information content (AvgIpc) is 1.99. The summed E-state index contributed by atoms with van der Waals surface area (Å²) in [6, 6.07) is 0. The molecule has 0 saturated heterocycles. The molecule has 0 amide bonds. The van der Waals surface area contributed by atoms with Gasteiger partial charge in [0.15, 0.2) is 0 Å². The van der Waals surface area contributed by atoms with E-state index in [4.69, 9.17) is 4.52 Å². The Morgan fingerprint density at radius 2 is 2.10 bits per heavy atom. The van der Waals surface area contributed by atoms with Crippen LogP contribution in [0.15, 0.2) is 36.1 Å². The van der Waals surface area contributed by atoms with E-state index in [9.17, 15) is 0 Å². The molecule has 0 rings (SSSR count). The van der Waals surface area contributed by atoms with Gasteiger partial charge in [-0.15, -0.1) is 0 Å². The summed E-state index contributed by atoms with van der Waals surface area (Å²) in [6.45, 7) is 7.63. The lowest BCUT2D eigenvalue weighted by atomic mass is 10.2. The minimum Gasteiger partial charge on any atom is -0.481 e. The van der Waals surface area contributed by atoms with Crippen LogP contribution in [0.1, 0.15) is 13.8 Å². The zero-order valence-corrected chi connectivity index (χ0v) is 7.58. The normalized spacial score (nSPS) is 12.1. The van der Waals surface area contributed by atoms with Crippen LogP contribution in [0, 0.1) is 0 Å². The lowest BCUT2D eigenvalue weighted by Crippen LogP contribution is -1.71. The van der Waals surface area contributed by atoms with Crippen LogP contribution in [0.4, 0.5) is 0 Å². The van der Waals surface area contributed by atoms with Gasteiger partial charge >= 0.3 is 0 Å². The Hall–Kier alpha value is -0.550. The summed E-state index contributed by atoms with van der Waals surface area (Å²) in [4.78, 5) is 0. The van der Waals surface area contributed by atoms with Crippen LogP contribution in [0.2, 0.25) is 0 Å². The van der Waals surface area contributed by atoms with E-state index in [0.29, 0.717) is 5.76 Å². The predicted octanol–water partition coefficient (Wildman–Crippen LogP) is 2.83. The van der Waals surface area contributed by atoms with E-state index in [1.165, 1.54) is 5.57 Å². The molecule has 0 heterocycles.